The SMILES string of the molecule is O=C(NCCn1nc(-n2cccn2)ccc1=O)C(c1ccccc1)c1ccccc1. The minimum absolute atomic E-state index is 0.122. The molecule has 7 nitrogen and oxygen atoms in total. The Morgan fingerprint density at radius 3 is 2.17 bits per heavy atom. The van der Waals surface area contributed by atoms with E-state index in [1.807, 2.05) is 60.7 Å². The second-order valence-corrected chi connectivity index (χ2v) is 6.75. The monoisotopic (exact) mass is 399 g/mol. The molecule has 0 radical (unpaired) electrons. The van der Waals surface area contributed by atoms with Crippen molar-refractivity contribution in [3.63, 3.8) is 0 Å². The van der Waals surface area contributed by atoms with Crippen molar-refractivity contribution in [3.8, 4) is 5.82 Å². The highest BCUT2D eigenvalue weighted by atomic mass is 16.2. The summed E-state index contributed by atoms with van der Waals surface area (Å²) in [4.78, 5) is 25.2. The summed E-state index contributed by atoms with van der Waals surface area (Å²) in [7, 11) is 0. The molecule has 4 aromatic rings. The molecule has 0 bridgehead atoms. The van der Waals surface area contributed by atoms with Gasteiger partial charge in [0.05, 0.1) is 12.5 Å². The number of amides is 1. The van der Waals surface area contributed by atoms with Crippen molar-refractivity contribution in [2.24, 2.45) is 0 Å². The number of nitrogens with zero attached hydrogens (tertiary/aromatic N) is 4. The number of carbonyl (C=O) groups excluding carboxylic acids is 1. The van der Waals surface area contributed by atoms with E-state index in [-0.39, 0.29) is 24.6 Å². The van der Waals surface area contributed by atoms with Crippen molar-refractivity contribution in [2.75, 3.05) is 6.54 Å². The lowest BCUT2D eigenvalue weighted by atomic mass is 9.90. The van der Waals surface area contributed by atoms with Crippen LogP contribution in [0.15, 0.2) is 96.1 Å². The Morgan fingerprint density at radius 2 is 1.57 bits per heavy atom. The predicted molar refractivity (Wildman–Crippen MR) is 113 cm³/mol. The maximum atomic E-state index is 13.0. The summed E-state index contributed by atoms with van der Waals surface area (Å²) >= 11 is 0. The van der Waals surface area contributed by atoms with Gasteiger partial charge in [0.2, 0.25) is 5.91 Å². The van der Waals surface area contributed by atoms with Gasteiger partial charge in [-0.3, -0.25) is 9.59 Å². The van der Waals surface area contributed by atoms with Gasteiger partial charge in [-0.05, 0) is 23.3 Å². The molecule has 30 heavy (non-hydrogen) atoms. The molecule has 4 rings (SSSR count). The molecule has 0 atom stereocenters. The van der Waals surface area contributed by atoms with E-state index < -0.39 is 5.92 Å². The molecular weight excluding hydrogens is 378 g/mol. The standard InChI is InChI=1S/C23H21N5O2/c29-21-13-12-20(27-16-7-14-25-27)26-28(21)17-15-24-23(30)22(18-8-3-1-4-9-18)19-10-5-2-6-11-19/h1-14,16,22H,15,17H2,(H,24,30). The van der Waals surface area contributed by atoms with Gasteiger partial charge < -0.3 is 5.32 Å². The molecule has 0 spiro atoms. The fourth-order valence-corrected chi connectivity index (χ4v) is 3.30. The van der Waals surface area contributed by atoms with Crippen LogP contribution in [0.3, 0.4) is 0 Å². The summed E-state index contributed by atoms with van der Waals surface area (Å²) in [5.41, 5.74) is 1.59. The first-order chi connectivity index (χ1) is 14.7. The van der Waals surface area contributed by atoms with E-state index >= 15 is 0 Å². The zero-order chi connectivity index (χ0) is 20.8. The van der Waals surface area contributed by atoms with Crippen LogP contribution < -0.4 is 10.9 Å². The molecule has 0 saturated heterocycles. The second-order valence-electron chi connectivity index (χ2n) is 6.75. The normalized spacial score (nSPS) is 10.8. The zero-order valence-electron chi connectivity index (χ0n) is 16.3. The third-order valence-electron chi connectivity index (χ3n) is 4.74. The van der Waals surface area contributed by atoms with Gasteiger partial charge in [0.25, 0.3) is 5.56 Å². The topological polar surface area (TPSA) is 81.8 Å². The van der Waals surface area contributed by atoms with E-state index in [1.54, 1.807) is 29.2 Å². The third kappa shape index (κ3) is 4.35. The second kappa shape index (κ2) is 9.00. The Labute approximate surface area is 173 Å². The van der Waals surface area contributed by atoms with Gasteiger partial charge in [0.15, 0.2) is 5.82 Å². The maximum absolute atomic E-state index is 13.0. The number of nitrogens with one attached hydrogen (secondary N) is 1. The summed E-state index contributed by atoms with van der Waals surface area (Å²) in [6.45, 7) is 0.542. The van der Waals surface area contributed by atoms with Crippen molar-refractivity contribution in [2.45, 2.75) is 12.5 Å². The van der Waals surface area contributed by atoms with E-state index in [2.05, 4.69) is 15.5 Å². The lowest BCUT2D eigenvalue weighted by Crippen LogP contribution is -2.35. The highest BCUT2D eigenvalue weighted by Crippen LogP contribution is 2.24. The number of hydrogen-bond acceptors (Lipinski definition) is 4. The average Bonchev–Trinajstić information content (AvgIpc) is 3.32. The highest BCUT2D eigenvalue weighted by Gasteiger charge is 2.22. The van der Waals surface area contributed by atoms with Crippen molar-refractivity contribution < 1.29 is 4.79 Å². The molecule has 1 amide bonds. The Kier molecular flexibility index (Phi) is 5.80. The van der Waals surface area contributed by atoms with Crippen molar-refractivity contribution >= 4 is 5.91 Å². The number of rotatable bonds is 7. The molecule has 7 heteroatoms. The van der Waals surface area contributed by atoms with Crippen LogP contribution in [0.4, 0.5) is 0 Å². The average molecular weight is 399 g/mol. The molecule has 2 aromatic carbocycles. The van der Waals surface area contributed by atoms with E-state index in [1.165, 1.54) is 10.7 Å². The van der Waals surface area contributed by atoms with Crippen LogP contribution in [0.1, 0.15) is 17.0 Å². The molecule has 0 aliphatic heterocycles. The van der Waals surface area contributed by atoms with Gasteiger partial charge in [0.1, 0.15) is 0 Å². The molecule has 0 unspecified atom stereocenters. The Hall–Kier alpha value is -4.00. The number of carbonyl (C=O) groups is 1. The van der Waals surface area contributed by atoms with E-state index in [0.29, 0.717) is 5.82 Å². The van der Waals surface area contributed by atoms with E-state index in [9.17, 15) is 9.59 Å². The first kappa shape index (κ1) is 19.3. The summed E-state index contributed by atoms with van der Waals surface area (Å²) in [6.07, 6.45) is 3.40. The molecule has 2 heterocycles. The predicted octanol–water partition coefficient (Wildman–Crippen LogP) is 2.38. The molecule has 150 valence electrons. The van der Waals surface area contributed by atoms with Crippen LogP contribution >= 0.6 is 0 Å². The van der Waals surface area contributed by atoms with Crippen LogP contribution in [0.2, 0.25) is 0 Å². The van der Waals surface area contributed by atoms with Gasteiger partial charge in [-0.1, -0.05) is 60.7 Å². The van der Waals surface area contributed by atoms with Crippen LogP contribution in [0, 0.1) is 0 Å². The molecule has 0 aliphatic carbocycles. The number of benzene rings is 2. The third-order valence-corrected chi connectivity index (χ3v) is 4.74. The minimum atomic E-state index is -0.424. The Morgan fingerprint density at radius 1 is 0.900 bits per heavy atom. The van der Waals surface area contributed by atoms with Gasteiger partial charge in [-0.25, -0.2) is 9.36 Å². The van der Waals surface area contributed by atoms with Crippen molar-refractivity contribution in [3.05, 3.63) is 113 Å². The van der Waals surface area contributed by atoms with Gasteiger partial charge in [-0.2, -0.15) is 5.10 Å². The van der Waals surface area contributed by atoms with Crippen LogP contribution in [0.25, 0.3) is 5.82 Å². The number of hydrogen-bond donors (Lipinski definition) is 1. The van der Waals surface area contributed by atoms with Crippen molar-refractivity contribution in [1.29, 1.82) is 0 Å². The molecular formula is C23H21N5O2. The van der Waals surface area contributed by atoms with E-state index in [4.69, 9.17) is 0 Å². The van der Waals surface area contributed by atoms with Crippen LogP contribution in [0.5, 0.6) is 0 Å². The lowest BCUT2D eigenvalue weighted by molar-refractivity contribution is -0.121. The fourth-order valence-electron chi connectivity index (χ4n) is 3.30. The molecule has 2 aromatic heterocycles. The highest BCUT2D eigenvalue weighted by molar-refractivity contribution is 5.87. The first-order valence-electron chi connectivity index (χ1n) is 9.68. The van der Waals surface area contributed by atoms with Crippen LogP contribution in [-0.2, 0) is 11.3 Å². The molecule has 1 N–H and O–H groups in total. The summed E-state index contributed by atoms with van der Waals surface area (Å²) < 4.78 is 2.91. The smallest absolute Gasteiger partial charge is 0.266 e. The Balaban J connectivity index is 1.48. The van der Waals surface area contributed by atoms with Crippen molar-refractivity contribution in [1.82, 2.24) is 24.9 Å². The summed E-state index contributed by atoms with van der Waals surface area (Å²) in [6, 6.07) is 24.1. The summed E-state index contributed by atoms with van der Waals surface area (Å²) in [5, 5.41) is 11.4. The van der Waals surface area contributed by atoms with Gasteiger partial charge in [0, 0.05) is 25.0 Å². The van der Waals surface area contributed by atoms with E-state index in [0.717, 1.165) is 11.1 Å². The van der Waals surface area contributed by atoms with Gasteiger partial charge >= 0.3 is 0 Å². The fraction of sp³-hybridized carbons (Fsp3) is 0.130. The largest absolute Gasteiger partial charge is 0.353 e. The quantitative estimate of drug-likeness (QED) is 0.517. The molecule has 0 fully saturated rings. The lowest BCUT2D eigenvalue weighted by Gasteiger charge is -2.18. The zero-order valence-corrected chi connectivity index (χ0v) is 16.3. The summed E-state index contributed by atoms with van der Waals surface area (Å²) in [5.74, 6) is -0.00598. The molecule has 0 aliphatic rings. The maximum Gasteiger partial charge on any atom is 0.266 e. The molecule has 0 saturated carbocycles. The Bertz CT molecular complexity index is 1120. The number of aromatic nitrogens is 4. The van der Waals surface area contributed by atoms with Crippen LogP contribution in [-0.4, -0.2) is 32.0 Å². The minimum Gasteiger partial charge on any atom is -0.353 e. The first-order valence-corrected chi connectivity index (χ1v) is 9.68. The van der Waals surface area contributed by atoms with Gasteiger partial charge in [-0.15, -0.1) is 5.10 Å².